The van der Waals surface area contributed by atoms with Gasteiger partial charge in [0.05, 0.1) is 13.2 Å². The molecule has 6 fully saturated rings. The smallest absolute Gasteiger partial charge is 0.306 e. The number of carbonyl (C=O) groups excluding carboxylic acids is 2. The van der Waals surface area contributed by atoms with Gasteiger partial charge in [-0.25, -0.2) is 0 Å². The SMILES string of the molecule is CC(C)CCC[C@@H](C)[C@H]1CC[C@H]2[C@@H]3CC=C4C[C@@H](OC(=O)CCCCCOc5ccccc5OCCCCCC(=O)O[C@H]5CC[C@@]6(C)C(=CC[C@H]7[C@@H]8CC[C@H]([C@H](C)CCCC(C)C)[C@@]8(C)CC[C@@H]76)C5)CC[C@]4(C)[C@H]3CC[C@]12C. The summed E-state index contributed by atoms with van der Waals surface area (Å²) in [5.41, 5.74) is 4.78. The van der Waals surface area contributed by atoms with Gasteiger partial charge in [-0.15, -0.1) is 0 Å². The van der Waals surface area contributed by atoms with Crippen LogP contribution >= 0.6 is 0 Å². The highest BCUT2D eigenvalue weighted by Crippen LogP contribution is 2.69. The van der Waals surface area contributed by atoms with Crippen molar-refractivity contribution < 1.29 is 28.5 Å². The third kappa shape index (κ3) is 13.2. The lowest BCUT2D eigenvalue weighted by Gasteiger charge is -2.58. The number of unbranched alkanes of at least 4 members (excludes halogenated alkanes) is 4. The van der Waals surface area contributed by atoms with Crippen molar-refractivity contribution >= 4 is 11.9 Å². The number of fused-ring (bicyclic) bond motifs is 10. The summed E-state index contributed by atoms with van der Waals surface area (Å²) >= 11 is 0. The number of allylic oxidation sites excluding steroid dienone is 2. The second-order valence-electron chi connectivity index (χ2n) is 30.1. The van der Waals surface area contributed by atoms with Crippen LogP contribution in [-0.4, -0.2) is 37.4 Å². The van der Waals surface area contributed by atoms with Gasteiger partial charge in [-0.05, 0) is 233 Å². The molecular weight excluding hydrogens is 961 g/mol. The van der Waals surface area contributed by atoms with E-state index in [1.54, 1.807) is 11.1 Å². The van der Waals surface area contributed by atoms with E-state index in [1.165, 1.54) is 103 Å². The Labute approximate surface area is 477 Å². The Morgan fingerprint density at radius 3 is 1.32 bits per heavy atom. The minimum Gasteiger partial charge on any atom is -0.490 e. The van der Waals surface area contributed by atoms with E-state index in [-0.39, 0.29) is 35.0 Å². The molecule has 9 rings (SSSR count). The standard InChI is InChI=1S/C72H114O6/c1-49(2)21-19-23-51(5)59-33-35-61-57-31-29-53-47-55(37-41-69(53,7)63(57)39-43-71(59,61)9)77-67(73)27-13-11-17-45-75-65-25-15-16-26-66(65)76-46-18-12-14-28-68(74)78-56-38-42-70(8)54(48-56)30-32-58-62-36-34-60(52(6)24-20-22-50(3)4)72(62,10)44-40-64(58)70/h15-16,25-26,29-30,49-52,55-64H,11-14,17-24,27-28,31-48H2,1-10H3/t51-,52-,55+,56+,57+,58+,59-,60-,61+,62+,63+,64+,69+,70+,71-,72-/m1/s1. The van der Waals surface area contributed by atoms with Crippen molar-refractivity contribution in [2.75, 3.05) is 13.2 Å². The van der Waals surface area contributed by atoms with Crippen molar-refractivity contribution in [3.63, 3.8) is 0 Å². The van der Waals surface area contributed by atoms with Crippen LogP contribution in [0.5, 0.6) is 11.5 Å². The summed E-state index contributed by atoms with van der Waals surface area (Å²) in [4.78, 5) is 26.3. The zero-order chi connectivity index (χ0) is 55.2. The van der Waals surface area contributed by atoms with E-state index >= 15 is 0 Å². The van der Waals surface area contributed by atoms with Gasteiger partial charge in [-0.3, -0.25) is 9.59 Å². The summed E-state index contributed by atoms with van der Waals surface area (Å²) in [6.45, 7) is 26.4. The van der Waals surface area contributed by atoms with Gasteiger partial charge >= 0.3 is 11.9 Å². The monoisotopic (exact) mass is 1070 g/mol. The Morgan fingerprint density at radius 1 is 0.487 bits per heavy atom. The van der Waals surface area contributed by atoms with E-state index in [9.17, 15) is 9.59 Å². The molecule has 0 radical (unpaired) electrons. The molecule has 0 amide bonds. The van der Waals surface area contributed by atoms with Gasteiger partial charge < -0.3 is 18.9 Å². The quantitative estimate of drug-likeness (QED) is 0.0523. The van der Waals surface area contributed by atoms with E-state index in [0.717, 1.165) is 160 Å². The van der Waals surface area contributed by atoms with Gasteiger partial charge in [0.1, 0.15) is 12.2 Å². The summed E-state index contributed by atoms with van der Waals surface area (Å²) in [5.74, 6) is 11.6. The summed E-state index contributed by atoms with van der Waals surface area (Å²) < 4.78 is 24.8. The van der Waals surface area contributed by atoms with Crippen molar-refractivity contribution in [2.24, 2.45) is 92.7 Å². The topological polar surface area (TPSA) is 71.1 Å². The first-order valence-electron chi connectivity index (χ1n) is 33.6. The van der Waals surface area contributed by atoms with Gasteiger partial charge in [0, 0.05) is 25.7 Å². The summed E-state index contributed by atoms with van der Waals surface area (Å²) in [6, 6.07) is 7.94. The van der Waals surface area contributed by atoms with Gasteiger partial charge in [0.25, 0.3) is 0 Å². The van der Waals surface area contributed by atoms with Crippen LogP contribution in [0.1, 0.15) is 262 Å². The highest BCUT2D eigenvalue weighted by atomic mass is 16.5. The molecule has 0 saturated heterocycles. The molecule has 16 atom stereocenters. The summed E-state index contributed by atoms with van der Waals surface area (Å²) in [6.07, 6.45) is 39.9. The van der Waals surface area contributed by atoms with Gasteiger partial charge in [-0.1, -0.05) is 143 Å². The lowest BCUT2D eigenvalue weighted by molar-refractivity contribution is -0.152. The lowest BCUT2D eigenvalue weighted by atomic mass is 9.47. The zero-order valence-corrected chi connectivity index (χ0v) is 51.6. The summed E-state index contributed by atoms with van der Waals surface area (Å²) in [5, 5.41) is 0. The maximum atomic E-state index is 13.2. The molecule has 0 unspecified atom stereocenters. The third-order valence-electron chi connectivity index (χ3n) is 24.5. The number of hydrogen-bond donors (Lipinski definition) is 0. The Kier molecular flexibility index (Phi) is 20.1. The third-order valence-corrected chi connectivity index (χ3v) is 24.5. The molecule has 8 aliphatic rings. The molecule has 1 aromatic carbocycles. The highest BCUT2D eigenvalue weighted by molar-refractivity contribution is 5.70. The molecule has 0 spiro atoms. The molecular formula is C72H114O6. The highest BCUT2D eigenvalue weighted by Gasteiger charge is 2.61. The maximum Gasteiger partial charge on any atom is 0.306 e. The maximum absolute atomic E-state index is 13.2. The number of rotatable bonds is 26. The van der Waals surface area contributed by atoms with Crippen LogP contribution in [0.15, 0.2) is 47.6 Å². The largest absolute Gasteiger partial charge is 0.490 e. The van der Waals surface area contributed by atoms with Crippen molar-refractivity contribution in [3.05, 3.63) is 47.6 Å². The normalized spacial score (nSPS) is 36.7. The van der Waals surface area contributed by atoms with Crippen LogP contribution in [0, 0.1) is 92.7 Å². The van der Waals surface area contributed by atoms with Crippen LogP contribution in [0.2, 0.25) is 0 Å². The first kappa shape index (κ1) is 59.8. The number of para-hydroxylation sites is 2. The Morgan fingerprint density at radius 2 is 0.910 bits per heavy atom. The number of esters is 2. The van der Waals surface area contributed by atoms with Crippen LogP contribution in [0.4, 0.5) is 0 Å². The molecule has 78 heavy (non-hydrogen) atoms. The lowest BCUT2D eigenvalue weighted by Crippen LogP contribution is -2.51. The molecule has 6 nitrogen and oxygen atoms in total. The van der Waals surface area contributed by atoms with Crippen molar-refractivity contribution in [1.82, 2.24) is 0 Å². The first-order valence-corrected chi connectivity index (χ1v) is 33.6. The molecule has 0 N–H and O–H groups in total. The predicted octanol–water partition coefficient (Wildman–Crippen LogP) is 19.5. The molecule has 0 aliphatic heterocycles. The Bertz CT molecular complexity index is 2040. The van der Waals surface area contributed by atoms with Crippen molar-refractivity contribution in [1.29, 1.82) is 0 Å². The average Bonchev–Trinajstić information content (AvgIpc) is 3.98. The molecule has 6 saturated carbocycles. The van der Waals surface area contributed by atoms with Crippen LogP contribution in [-0.2, 0) is 19.1 Å². The number of benzene rings is 1. The van der Waals surface area contributed by atoms with Gasteiger partial charge in [0.15, 0.2) is 11.5 Å². The van der Waals surface area contributed by atoms with Crippen LogP contribution < -0.4 is 9.47 Å². The average molecular weight is 1080 g/mol. The second kappa shape index (κ2) is 26.2. The van der Waals surface area contributed by atoms with Crippen LogP contribution in [0.25, 0.3) is 0 Å². The van der Waals surface area contributed by atoms with E-state index in [0.29, 0.717) is 36.9 Å². The number of ether oxygens (including phenoxy) is 4. The fraction of sp³-hybridized carbons (Fsp3) is 0.833. The fourth-order valence-electron chi connectivity index (χ4n) is 20.1. The molecule has 0 bridgehead atoms. The minimum absolute atomic E-state index is 0.0279. The molecule has 6 heteroatoms. The van der Waals surface area contributed by atoms with Gasteiger partial charge in [0.2, 0.25) is 0 Å². The first-order chi connectivity index (χ1) is 37.4. The Balaban J connectivity index is 0.622. The van der Waals surface area contributed by atoms with Gasteiger partial charge in [-0.2, -0.15) is 0 Å². The molecule has 1 aromatic rings. The molecule has 0 aromatic heterocycles. The van der Waals surface area contributed by atoms with Crippen LogP contribution in [0.3, 0.4) is 0 Å². The predicted molar refractivity (Wildman–Crippen MR) is 320 cm³/mol. The van der Waals surface area contributed by atoms with E-state index in [4.69, 9.17) is 18.9 Å². The Hall–Kier alpha value is -2.76. The number of carbonyl (C=O) groups is 2. The molecule has 8 aliphatic carbocycles. The van der Waals surface area contributed by atoms with Crippen molar-refractivity contribution in [2.45, 2.75) is 274 Å². The zero-order valence-electron chi connectivity index (χ0n) is 51.6. The number of hydrogen-bond acceptors (Lipinski definition) is 6. The minimum atomic E-state index is -0.0325. The fourth-order valence-corrected chi connectivity index (χ4v) is 20.1. The second-order valence-corrected chi connectivity index (χ2v) is 30.1. The molecule has 438 valence electrons. The van der Waals surface area contributed by atoms with E-state index < -0.39 is 0 Å². The molecule has 0 heterocycles. The van der Waals surface area contributed by atoms with E-state index in [2.05, 4.69) is 81.4 Å². The van der Waals surface area contributed by atoms with E-state index in [1.807, 2.05) is 24.3 Å². The van der Waals surface area contributed by atoms with Crippen molar-refractivity contribution in [3.8, 4) is 11.5 Å². The summed E-state index contributed by atoms with van der Waals surface area (Å²) in [7, 11) is 0.